The van der Waals surface area contributed by atoms with E-state index in [0.29, 0.717) is 59.2 Å². The van der Waals surface area contributed by atoms with Crippen molar-refractivity contribution in [2.45, 2.75) is 18.9 Å². The Kier molecular flexibility index (Phi) is 5.83. The Morgan fingerprint density at radius 3 is 2.88 bits per heavy atom. The molecule has 4 aromatic rings. The molecule has 1 aliphatic heterocycles. The van der Waals surface area contributed by atoms with Gasteiger partial charge in [0.15, 0.2) is 11.5 Å². The molecule has 1 aliphatic rings. The Bertz CT molecular complexity index is 1420. The topological polar surface area (TPSA) is 144 Å². The predicted octanol–water partition coefficient (Wildman–Crippen LogP) is 3.67. The van der Waals surface area contributed by atoms with E-state index >= 15 is 0 Å². The minimum atomic E-state index is -0.708. The van der Waals surface area contributed by atoms with Gasteiger partial charge in [-0.25, -0.2) is 14.8 Å². The lowest BCUT2D eigenvalue weighted by Crippen LogP contribution is -2.28. The number of halogens is 1. The highest BCUT2D eigenvalue weighted by atomic mass is 35.5. The Morgan fingerprint density at radius 2 is 2.15 bits per heavy atom. The Labute approximate surface area is 198 Å². The van der Waals surface area contributed by atoms with E-state index in [1.54, 1.807) is 36.3 Å². The lowest BCUT2D eigenvalue weighted by Gasteiger charge is -2.22. The van der Waals surface area contributed by atoms with Gasteiger partial charge in [0, 0.05) is 37.0 Å². The van der Waals surface area contributed by atoms with E-state index in [0.717, 1.165) is 5.39 Å². The first kappa shape index (κ1) is 21.8. The number of aromatic nitrogens is 6. The van der Waals surface area contributed by atoms with E-state index in [1.165, 1.54) is 0 Å². The number of amides is 1. The molecule has 0 aliphatic carbocycles. The number of anilines is 1. The number of hydrogen-bond acceptors (Lipinski definition) is 8. The van der Waals surface area contributed by atoms with Crippen molar-refractivity contribution < 1.29 is 14.3 Å². The third-order valence-electron chi connectivity index (χ3n) is 5.39. The minimum Gasteiger partial charge on any atom is -0.446 e. The molecular formula is C22H19ClN8O3. The first-order valence-corrected chi connectivity index (χ1v) is 10.9. The standard InChI is InChI=1S/C22H19ClN8O3/c1-31-5-2-16(30-31)20-19(12-8-13-11-25-29-18(13)15(23)9-12)26-17(10-24)21(27-20)28-22(32)34-14-3-6-33-7-4-14/h2,5,8-9,11,14H,3-4,6-7H2,1H3,(H,25,29)(H,27,28,32). The third-order valence-corrected chi connectivity index (χ3v) is 5.69. The fourth-order valence-electron chi connectivity index (χ4n) is 3.74. The molecule has 2 N–H and O–H groups in total. The van der Waals surface area contributed by atoms with Gasteiger partial charge in [0.25, 0.3) is 0 Å². The van der Waals surface area contributed by atoms with Crippen molar-refractivity contribution in [3.8, 4) is 28.7 Å². The van der Waals surface area contributed by atoms with Crippen LogP contribution in [-0.4, -0.2) is 55.4 Å². The normalized spacial score (nSPS) is 14.1. The molecule has 1 aromatic carbocycles. The number of nitrogens with one attached hydrogen (secondary N) is 2. The highest BCUT2D eigenvalue weighted by Crippen LogP contribution is 2.34. The van der Waals surface area contributed by atoms with E-state index < -0.39 is 6.09 Å². The number of carbonyl (C=O) groups excluding carboxylic acids is 1. The summed E-state index contributed by atoms with van der Waals surface area (Å²) in [6.45, 7) is 1.06. The van der Waals surface area contributed by atoms with Gasteiger partial charge in [0.2, 0.25) is 0 Å². The van der Waals surface area contributed by atoms with Crippen LogP contribution in [0.5, 0.6) is 0 Å². The molecule has 12 heteroatoms. The number of H-pyrrole nitrogens is 1. The number of benzene rings is 1. The quantitative estimate of drug-likeness (QED) is 0.452. The van der Waals surface area contributed by atoms with Gasteiger partial charge in [0.05, 0.1) is 29.9 Å². The van der Waals surface area contributed by atoms with Gasteiger partial charge in [-0.1, -0.05) is 11.6 Å². The maximum atomic E-state index is 12.5. The number of hydrogen-bond donors (Lipinski definition) is 2. The zero-order valence-electron chi connectivity index (χ0n) is 18.1. The van der Waals surface area contributed by atoms with Crippen molar-refractivity contribution in [3.63, 3.8) is 0 Å². The molecule has 4 heterocycles. The molecule has 1 saturated heterocycles. The molecule has 34 heavy (non-hydrogen) atoms. The average molecular weight is 479 g/mol. The fraction of sp³-hybridized carbons (Fsp3) is 0.273. The van der Waals surface area contributed by atoms with Crippen LogP contribution in [0.15, 0.2) is 30.6 Å². The van der Waals surface area contributed by atoms with Gasteiger partial charge >= 0.3 is 6.09 Å². The van der Waals surface area contributed by atoms with Gasteiger partial charge in [-0.15, -0.1) is 0 Å². The Hall–Kier alpha value is -4.01. The molecule has 0 bridgehead atoms. The summed E-state index contributed by atoms with van der Waals surface area (Å²) in [4.78, 5) is 21.6. The first-order valence-electron chi connectivity index (χ1n) is 10.5. The van der Waals surface area contributed by atoms with E-state index in [-0.39, 0.29) is 17.6 Å². The summed E-state index contributed by atoms with van der Waals surface area (Å²) in [5.41, 5.74) is 2.52. The number of aromatic amines is 1. The van der Waals surface area contributed by atoms with E-state index in [9.17, 15) is 10.1 Å². The van der Waals surface area contributed by atoms with Crippen molar-refractivity contribution in [3.05, 3.63) is 41.3 Å². The molecule has 0 unspecified atom stereocenters. The highest BCUT2D eigenvalue weighted by Gasteiger charge is 2.23. The van der Waals surface area contributed by atoms with E-state index in [1.807, 2.05) is 12.1 Å². The van der Waals surface area contributed by atoms with Gasteiger partial charge < -0.3 is 9.47 Å². The number of fused-ring (bicyclic) bond motifs is 1. The molecule has 172 valence electrons. The summed E-state index contributed by atoms with van der Waals surface area (Å²) in [6.07, 6.45) is 3.66. The largest absolute Gasteiger partial charge is 0.446 e. The number of ether oxygens (including phenoxy) is 2. The molecule has 0 saturated carbocycles. The van der Waals surface area contributed by atoms with Crippen LogP contribution in [0.1, 0.15) is 18.5 Å². The van der Waals surface area contributed by atoms with Crippen LogP contribution >= 0.6 is 11.6 Å². The lowest BCUT2D eigenvalue weighted by molar-refractivity contribution is 0.00589. The second-order valence-corrected chi connectivity index (χ2v) is 8.15. The molecule has 11 nitrogen and oxygen atoms in total. The van der Waals surface area contributed by atoms with Crippen LogP contribution in [0.3, 0.4) is 0 Å². The molecule has 0 radical (unpaired) electrons. The van der Waals surface area contributed by atoms with Gasteiger partial charge in [-0.2, -0.15) is 15.5 Å². The van der Waals surface area contributed by atoms with Crippen LogP contribution < -0.4 is 5.32 Å². The van der Waals surface area contributed by atoms with E-state index in [4.69, 9.17) is 21.1 Å². The van der Waals surface area contributed by atoms with Crippen LogP contribution in [0.4, 0.5) is 10.6 Å². The second kappa shape index (κ2) is 9.09. The fourth-order valence-corrected chi connectivity index (χ4v) is 4.01. The van der Waals surface area contributed by atoms with Crippen LogP contribution in [-0.2, 0) is 16.5 Å². The molecule has 5 rings (SSSR count). The van der Waals surface area contributed by atoms with Crippen molar-refractivity contribution >= 4 is 34.4 Å². The number of nitrogens with zero attached hydrogens (tertiary/aromatic N) is 6. The maximum Gasteiger partial charge on any atom is 0.413 e. The zero-order chi connectivity index (χ0) is 23.7. The lowest BCUT2D eigenvalue weighted by atomic mass is 10.1. The first-order chi connectivity index (χ1) is 16.5. The van der Waals surface area contributed by atoms with E-state index in [2.05, 4.69) is 30.6 Å². The summed E-state index contributed by atoms with van der Waals surface area (Å²) < 4.78 is 12.4. The third kappa shape index (κ3) is 4.28. The summed E-state index contributed by atoms with van der Waals surface area (Å²) in [5.74, 6) is -0.0144. The molecule has 0 atom stereocenters. The van der Waals surface area contributed by atoms with Crippen molar-refractivity contribution in [1.82, 2.24) is 29.9 Å². The summed E-state index contributed by atoms with van der Waals surface area (Å²) in [7, 11) is 1.78. The number of carbonyl (C=O) groups is 1. The number of rotatable bonds is 4. The maximum absolute atomic E-state index is 12.5. The molecule has 3 aromatic heterocycles. The minimum absolute atomic E-state index is 0.0144. The van der Waals surface area contributed by atoms with Crippen molar-refractivity contribution in [2.75, 3.05) is 18.5 Å². The predicted molar refractivity (Wildman–Crippen MR) is 123 cm³/mol. The van der Waals surface area contributed by atoms with Crippen LogP contribution in [0.2, 0.25) is 5.02 Å². The SMILES string of the molecule is Cn1ccc(-c2nc(NC(=O)OC3CCOCC3)c(C#N)nc2-c2cc(Cl)c3[nH]ncc3c2)n1. The van der Waals surface area contributed by atoms with Crippen LogP contribution in [0, 0.1) is 11.3 Å². The van der Waals surface area contributed by atoms with Crippen LogP contribution in [0.25, 0.3) is 33.5 Å². The summed E-state index contributed by atoms with van der Waals surface area (Å²) in [6, 6.07) is 7.33. The number of aryl methyl sites for hydroxylation is 1. The summed E-state index contributed by atoms with van der Waals surface area (Å²) in [5, 5.41) is 24.9. The second-order valence-electron chi connectivity index (χ2n) is 7.74. The number of nitriles is 1. The van der Waals surface area contributed by atoms with Gasteiger partial charge in [0.1, 0.15) is 29.3 Å². The van der Waals surface area contributed by atoms with Gasteiger partial charge in [-0.3, -0.25) is 15.1 Å². The van der Waals surface area contributed by atoms with Crippen molar-refractivity contribution in [1.29, 1.82) is 5.26 Å². The molecule has 1 fully saturated rings. The Balaban J connectivity index is 1.57. The molecule has 1 amide bonds. The molecular weight excluding hydrogens is 460 g/mol. The smallest absolute Gasteiger partial charge is 0.413 e. The van der Waals surface area contributed by atoms with Gasteiger partial charge in [-0.05, 0) is 18.2 Å². The highest BCUT2D eigenvalue weighted by molar-refractivity contribution is 6.35. The Morgan fingerprint density at radius 1 is 1.32 bits per heavy atom. The van der Waals surface area contributed by atoms with Crippen molar-refractivity contribution in [2.24, 2.45) is 7.05 Å². The zero-order valence-corrected chi connectivity index (χ0v) is 18.8. The summed E-state index contributed by atoms with van der Waals surface area (Å²) >= 11 is 6.44. The average Bonchev–Trinajstić information content (AvgIpc) is 3.48. The molecule has 0 spiro atoms. The monoisotopic (exact) mass is 478 g/mol.